The van der Waals surface area contributed by atoms with Crippen molar-refractivity contribution in [3.63, 3.8) is 0 Å². The van der Waals surface area contributed by atoms with Gasteiger partial charge < -0.3 is 19.1 Å². The Morgan fingerprint density at radius 2 is 1.95 bits per heavy atom. The summed E-state index contributed by atoms with van der Waals surface area (Å²) in [5, 5.41) is 17.6. The van der Waals surface area contributed by atoms with Crippen LogP contribution in [0.1, 0.15) is 39.2 Å². The van der Waals surface area contributed by atoms with Crippen LogP contribution in [0.2, 0.25) is 0 Å². The van der Waals surface area contributed by atoms with Gasteiger partial charge in [0.2, 0.25) is 11.7 Å². The van der Waals surface area contributed by atoms with E-state index in [1.165, 1.54) is 37.4 Å². The van der Waals surface area contributed by atoms with Crippen LogP contribution in [-0.2, 0) is 6.42 Å². The van der Waals surface area contributed by atoms with Gasteiger partial charge in [-0.05, 0) is 30.2 Å². The highest BCUT2D eigenvalue weighted by atomic mass is 19.1. The number of nitrogens with zero attached hydrogens (tertiary/aromatic N) is 5. The first kappa shape index (κ1) is 28.1. The van der Waals surface area contributed by atoms with Crippen molar-refractivity contribution in [1.82, 2.24) is 29.9 Å². The van der Waals surface area contributed by atoms with Crippen LogP contribution in [0.4, 0.5) is 8.78 Å². The van der Waals surface area contributed by atoms with E-state index in [0.717, 1.165) is 10.2 Å². The third-order valence-electron chi connectivity index (χ3n) is 6.30. The minimum absolute atomic E-state index is 0.0426. The molecule has 0 saturated heterocycles. The SMILES string of the molecule is COc1cc(OCCF)c(F)c(C(Cc2ccc(-c3noc(C)n3)cc2)c2nn(-c3cccc(C(=O)O)n3)c(=O)[nH]2)c1. The molecule has 216 valence electrons. The summed E-state index contributed by atoms with van der Waals surface area (Å²) >= 11 is 0. The minimum atomic E-state index is -1.28. The highest BCUT2D eigenvalue weighted by Gasteiger charge is 2.27. The first-order valence-electron chi connectivity index (χ1n) is 12.6. The van der Waals surface area contributed by atoms with E-state index in [9.17, 15) is 19.1 Å². The molecule has 2 N–H and O–H groups in total. The van der Waals surface area contributed by atoms with E-state index in [-0.39, 0.29) is 47.4 Å². The number of hydrogen-bond donors (Lipinski definition) is 2. The molecule has 2 aromatic carbocycles. The second kappa shape index (κ2) is 12.0. The molecule has 14 heteroatoms. The number of carboxylic acids is 1. The number of nitrogens with one attached hydrogen (secondary N) is 1. The molecule has 5 aromatic rings. The summed E-state index contributed by atoms with van der Waals surface area (Å²) in [6.45, 7) is 0.473. The third kappa shape index (κ3) is 5.87. The fourth-order valence-electron chi connectivity index (χ4n) is 4.33. The van der Waals surface area contributed by atoms with Gasteiger partial charge in [0.15, 0.2) is 23.1 Å². The molecular weight excluding hydrogens is 554 g/mol. The average Bonchev–Trinajstić information content (AvgIpc) is 3.61. The third-order valence-corrected chi connectivity index (χ3v) is 6.30. The number of halogens is 2. The van der Waals surface area contributed by atoms with E-state index in [4.69, 9.17) is 14.0 Å². The van der Waals surface area contributed by atoms with Crippen LogP contribution < -0.4 is 15.2 Å². The number of aromatic amines is 1. The van der Waals surface area contributed by atoms with E-state index < -0.39 is 30.1 Å². The van der Waals surface area contributed by atoms with Crippen LogP contribution in [0.25, 0.3) is 17.2 Å². The topological polar surface area (TPSA) is 158 Å². The highest BCUT2D eigenvalue weighted by molar-refractivity contribution is 5.85. The van der Waals surface area contributed by atoms with Crippen molar-refractivity contribution in [2.45, 2.75) is 19.3 Å². The summed E-state index contributed by atoms with van der Waals surface area (Å²) in [5.74, 6) is -2.12. The lowest BCUT2D eigenvalue weighted by Crippen LogP contribution is -2.18. The van der Waals surface area contributed by atoms with Crippen molar-refractivity contribution in [2.24, 2.45) is 0 Å². The second-order valence-electron chi connectivity index (χ2n) is 9.07. The van der Waals surface area contributed by atoms with Gasteiger partial charge in [-0.15, -0.1) is 5.10 Å². The smallest absolute Gasteiger partial charge is 0.354 e. The zero-order valence-electron chi connectivity index (χ0n) is 22.4. The summed E-state index contributed by atoms with van der Waals surface area (Å²) in [5.41, 5.74) is 0.493. The molecule has 0 bridgehead atoms. The van der Waals surface area contributed by atoms with Gasteiger partial charge in [0.1, 0.15) is 24.9 Å². The predicted molar refractivity (Wildman–Crippen MR) is 143 cm³/mol. The van der Waals surface area contributed by atoms with Crippen molar-refractivity contribution in [2.75, 3.05) is 20.4 Å². The number of H-pyrrole nitrogens is 1. The van der Waals surface area contributed by atoms with Crippen molar-refractivity contribution >= 4 is 5.97 Å². The molecular formula is C28H24F2N6O6. The van der Waals surface area contributed by atoms with Gasteiger partial charge in [0.25, 0.3) is 0 Å². The van der Waals surface area contributed by atoms with E-state index in [2.05, 4.69) is 25.2 Å². The molecule has 12 nitrogen and oxygen atoms in total. The van der Waals surface area contributed by atoms with E-state index in [0.29, 0.717) is 17.3 Å². The van der Waals surface area contributed by atoms with Crippen molar-refractivity contribution < 1.29 is 32.7 Å². The number of carboxylic acid groups (broad SMARTS) is 1. The molecule has 1 atom stereocenters. The molecule has 0 amide bonds. The molecule has 0 spiro atoms. The molecule has 0 fully saturated rings. The molecule has 3 aromatic heterocycles. The largest absolute Gasteiger partial charge is 0.497 e. The van der Waals surface area contributed by atoms with Crippen LogP contribution in [0, 0.1) is 12.7 Å². The lowest BCUT2D eigenvalue weighted by molar-refractivity contribution is 0.0690. The summed E-state index contributed by atoms with van der Waals surface area (Å²) in [7, 11) is 1.39. The number of pyridine rings is 1. The number of alkyl halides is 1. The van der Waals surface area contributed by atoms with Gasteiger partial charge in [0.05, 0.1) is 13.0 Å². The highest BCUT2D eigenvalue weighted by Crippen LogP contribution is 2.36. The van der Waals surface area contributed by atoms with Crippen LogP contribution in [-0.4, -0.2) is 61.4 Å². The predicted octanol–water partition coefficient (Wildman–Crippen LogP) is 3.88. The molecule has 0 aliphatic heterocycles. The van der Waals surface area contributed by atoms with E-state index in [1.54, 1.807) is 31.2 Å². The van der Waals surface area contributed by atoms with Gasteiger partial charge in [-0.2, -0.15) is 9.67 Å². The summed E-state index contributed by atoms with van der Waals surface area (Å²) < 4.78 is 45.3. The van der Waals surface area contributed by atoms with Crippen LogP contribution in [0.15, 0.2) is 63.9 Å². The Morgan fingerprint density at radius 1 is 1.17 bits per heavy atom. The fourth-order valence-corrected chi connectivity index (χ4v) is 4.33. The molecule has 0 aliphatic carbocycles. The van der Waals surface area contributed by atoms with Crippen molar-refractivity contribution in [3.8, 4) is 28.7 Å². The molecule has 3 heterocycles. The Bertz CT molecular complexity index is 1780. The lowest BCUT2D eigenvalue weighted by atomic mass is 9.90. The number of ether oxygens (including phenoxy) is 2. The summed E-state index contributed by atoms with van der Waals surface area (Å²) in [4.78, 5) is 35.2. The maximum atomic E-state index is 15.9. The van der Waals surface area contributed by atoms with Gasteiger partial charge in [-0.1, -0.05) is 35.5 Å². The quantitative estimate of drug-likeness (QED) is 0.236. The molecule has 0 aliphatic rings. The number of methoxy groups -OCH3 is 1. The van der Waals surface area contributed by atoms with E-state index >= 15 is 4.39 Å². The Kier molecular flexibility index (Phi) is 8.04. The average molecular weight is 579 g/mol. The normalized spacial score (nSPS) is 11.8. The number of rotatable bonds is 11. The molecule has 0 radical (unpaired) electrons. The van der Waals surface area contributed by atoms with Crippen LogP contribution in [0.3, 0.4) is 0 Å². The maximum Gasteiger partial charge on any atom is 0.354 e. The molecule has 0 saturated carbocycles. The molecule has 1 unspecified atom stereocenters. The Hall–Kier alpha value is -5.40. The first-order valence-corrected chi connectivity index (χ1v) is 12.6. The lowest BCUT2D eigenvalue weighted by Gasteiger charge is -2.19. The molecule has 5 rings (SSSR count). The number of benzene rings is 2. The Labute approximate surface area is 236 Å². The number of aryl methyl sites for hydroxylation is 1. The van der Waals surface area contributed by atoms with E-state index in [1.807, 2.05) is 0 Å². The zero-order chi connectivity index (χ0) is 29.8. The summed E-state index contributed by atoms with van der Waals surface area (Å²) in [6.07, 6.45) is 0.147. The minimum Gasteiger partial charge on any atom is -0.497 e. The van der Waals surface area contributed by atoms with Gasteiger partial charge in [0, 0.05) is 24.1 Å². The van der Waals surface area contributed by atoms with Gasteiger partial charge >= 0.3 is 11.7 Å². The van der Waals surface area contributed by atoms with Crippen molar-refractivity contribution in [1.29, 1.82) is 0 Å². The monoisotopic (exact) mass is 578 g/mol. The zero-order valence-corrected chi connectivity index (χ0v) is 22.4. The van der Waals surface area contributed by atoms with Gasteiger partial charge in [-0.25, -0.2) is 23.4 Å². The van der Waals surface area contributed by atoms with Crippen molar-refractivity contribution in [3.05, 3.63) is 99.4 Å². The Balaban J connectivity index is 1.60. The number of carbonyl (C=O) groups is 1. The number of hydrogen-bond acceptors (Lipinski definition) is 9. The summed E-state index contributed by atoms with van der Waals surface area (Å²) in [6, 6.07) is 14.0. The van der Waals surface area contributed by atoms with Gasteiger partial charge in [-0.3, -0.25) is 4.98 Å². The van der Waals surface area contributed by atoms with Crippen LogP contribution in [0.5, 0.6) is 11.5 Å². The Morgan fingerprint density at radius 3 is 2.62 bits per heavy atom. The number of aromatic nitrogens is 6. The standard InChI is InChI=1S/C28H24F2N6O6/c1-15-31-25(35-42-15)17-8-6-16(7-9-17)12-20(19-13-18(40-2)14-22(24(19)30)41-11-10-29)26-33-28(39)36(34-26)23-5-3-4-21(32-23)27(37)38/h3-9,13-14,20H,10-12H2,1-2H3,(H,37,38)(H,33,34,39). The number of aromatic carboxylic acids is 1. The maximum absolute atomic E-state index is 15.9. The van der Waals surface area contributed by atoms with Crippen LogP contribution >= 0.6 is 0 Å². The fraction of sp³-hybridized carbons (Fsp3) is 0.214. The first-order chi connectivity index (χ1) is 20.3. The molecule has 42 heavy (non-hydrogen) atoms. The second-order valence-corrected chi connectivity index (χ2v) is 9.07.